The first-order valence-corrected chi connectivity index (χ1v) is 6.10. The third kappa shape index (κ3) is 4.94. The van der Waals surface area contributed by atoms with Crippen LogP contribution in [-0.4, -0.2) is 41.8 Å². The summed E-state index contributed by atoms with van der Waals surface area (Å²) in [5, 5.41) is 23.2. The Hall–Kier alpha value is -1.99. The Labute approximate surface area is 116 Å². The molecule has 0 saturated carbocycles. The van der Waals surface area contributed by atoms with Gasteiger partial charge in [-0.25, -0.2) is 0 Å². The van der Waals surface area contributed by atoms with Crippen LogP contribution in [0.15, 0.2) is 24.3 Å². The minimum atomic E-state index is -1.09. The molecule has 1 aromatic carbocycles. The van der Waals surface area contributed by atoms with Crippen LogP contribution in [0.2, 0.25) is 0 Å². The van der Waals surface area contributed by atoms with Crippen LogP contribution >= 0.6 is 0 Å². The average Bonchev–Trinajstić information content (AvgIpc) is 2.43. The molecule has 0 saturated heterocycles. The van der Waals surface area contributed by atoms with E-state index in [1.165, 1.54) is 31.4 Å². The summed E-state index contributed by atoms with van der Waals surface area (Å²) in [5.41, 5.74) is -1.06. The van der Waals surface area contributed by atoms with Crippen molar-refractivity contribution in [3.05, 3.63) is 39.9 Å². The van der Waals surface area contributed by atoms with Crippen LogP contribution in [0.5, 0.6) is 0 Å². The molecule has 1 unspecified atom stereocenters. The molecule has 0 aromatic heterocycles. The van der Waals surface area contributed by atoms with Gasteiger partial charge in [-0.05, 0) is 13.0 Å². The minimum Gasteiger partial charge on any atom is -0.388 e. The largest absolute Gasteiger partial charge is 0.388 e. The number of rotatable bonds is 7. The van der Waals surface area contributed by atoms with Gasteiger partial charge >= 0.3 is 0 Å². The second-order valence-corrected chi connectivity index (χ2v) is 4.73. The molecule has 20 heavy (non-hydrogen) atoms. The van der Waals surface area contributed by atoms with Crippen molar-refractivity contribution in [1.82, 2.24) is 5.32 Å². The molecule has 0 bridgehead atoms. The van der Waals surface area contributed by atoms with E-state index in [9.17, 15) is 20.0 Å². The number of ether oxygens (including phenoxy) is 1. The molecule has 7 nitrogen and oxygen atoms in total. The maximum atomic E-state index is 11.9. The summed E-state index contributed by atoms with van der Waals surface area (Å²) in [5.74, 6) is -0.466. The molecular formula is C13H18N2O5. The standard InChI is InChI=1S/C13H18N2O5/c1-13(17,6-7-20-2)9-14-12(16)10-4-3-5-11(8-10)15(18)19/h3-5,8,17H,6-7,9H2,1-2H3,(H,14,16). The van der Waals surface area contributed by atoms with Gasteiger partial charge in [-0.3, -0.25) is 14.9 Å². The van der Waals surface area contributed by atoms with E-state index in [-0.39, 0.29) is 17.8 Å². The number of nitro groups is 1. The normalized spacial score (nSPS) is 13.6. The highest BCUT2D eigenvalue weighted by molar-refractivity contribution is 5.94. The van der Waals surface area contributed by atoms with Crippen LogP contribution in [0.4, 0.5) is 5.69 Å². The van der Waals surface area contributed by atoms with E-state index in [2.05, 4.69) is 5.32 Å². The highest BCUT2D eigenvalue weighted by Gasteiger charge is 2.21. The van der Waals surface area contributed by atoms with Crippen molar-refractivity contribution in [1.29, 1.82) is 0 Å². The first-order chi connectivity index (χ1) is 9.35. The molecule has 1 amide bonds. The number of nitrogens with one attached hydrogen (secondary N) is 1. The fourth-order valence-electron chi connectivity index (χ4n) is 1.54. The smallest absolute Gasteiger partial charge is 0.270 e. The molecule has 0 heterocycles. The molecule has 0 spiro atoms. The number of hydrogen-bond acceptors (Lipinski definition) is 5. The summed E-state index contributed by atoms with van der Waals surface area (Å²) in [6.45, 7) is 2.00. The predicted octanol–water partition coefficient (Wildman–Crippen LogP) is 1.11. The number of nitro benzene ring substituents is 1. The zero-order valence-corrected chi connectivity index (χ0v) is 11.5. The molecule has 1 aromatic rings. The van der Waals surface area contributed by atoms with Gasteiger partial charge in [-0.1, -0.05) is 6.07 Å². The molecule has 0 fully saturated rings. The minimum absolute atomic E-state index is 0.0396. The molecule has 1 rings (SSSR count). The molecule has 0 aliphatic heterocycles. The first-order valence-electron chi connectivity index (χ1n) is 6.10. The lowest BCUT2D eigenvalue weighted by atomic mass is 10.0. The van der Waals surface area contributed by atoms with Crippen molar-refractivity contribution < 1.29 is 19.6 Å². The summed E-state index contributed by atoms with van der Waals surface area (Å²) in [6.07, 6.45) is 0.374. The van der Waals surface area contributed by atoms with Gasteiger partial charge in [0.05, 0.1) is 10.5 Å². The Morgan fingerprint density at radius 1 is 1.55 bits per heavy atom. The number of nitrogens with zero attached hydrogens (tertiary/aromatic N) is 1. The van der Waals surface area contributed by atoms with Crippen molar-refractivity contribution in [2.24, 2.45) is 0 Å². The van der Waals surface area contributed by atoms with E-state index in [4.69, 9.17) is 4.74 Å². The predicted molar refractivity (Wildman–Crippen MR) is 72.5 cm³/mol. The zero-order valence-electron chi connectivity index (χ0n) is 11.5. The lowest BCUT2D eigenvalue weighted by Crippen LogP contribution is -2.41. The molecular weight excluding hydrogens is 264 g/mol. The maximum Gasteiger partial charge on any atom is 0.270 e. The van der Waals surface area contributed by atoms with Crippen molar-refractivity contribution in [3.63, 3.8) is 0 Å². The van der Waals surface area contributed by atoms with Crippen molar-refractivity contribution in [2.45, 2.75) is 18.9 Å². The topological polar surface area (TPSA) is 102 Å². The average molecular weight is 282 g/mol. The Balaban J connectivity index is 2.63. The van der Waals surface area contributed by atoms with Gasteiger partial charge in [0.25, 0.3) is 11.6 Å². The number of carbonyl (C=O) groups is 1. The van der Waals surface area contributed by atoms with Gasteiger partial charge in [-0.15, -0.1) is 0 Å². The van der Waals surface area contributed by atoms with Crippen molar-refractivity contribution in [2.75, 3.05) is 20.3 Å². The van der Waals surface area contributed by atoms with E-state index in [0.29, 0.717) is 13.0 Å². The Morgan fingerprint density at radius 2 is 2.25 bits per heavy atom. The third-order valence-electron chi connectivity index (χ3n) is 2.79. The van der Waals surface area contributed by atoms with Gasteiger partial charge < -0.3 is 15.2 Å². The highest BCUT2D eigenvalue weighted by atomic mass is 16.6. The second kappa shape index (κ2) is 6.97. The summed E-state index contributed by atoms with van der Waals surface area (Å²) < 4.78 is 4.86. The van der Waals surface area contributed by atoms with Crippen molar-refractivity contribution in [3.8, 4) is 0 Å². The fourth-order valence-corrected chi connectivity index (χ4v) is 1.54. The SMILES string of the molecule is COCCC(C)(O)CNC(=O)c1cccc([N+](=O)[O-])c1. The second-order valence-electron chi connectivity index (χ2n) is 4.73. The third-order valence-corrected chi connectivity index (χ3v) is 2.79. The summed E-state index contributed by atoms with van der Waals surface area (Å²) >= 11 is 0. The van der Waals surface area contributed by atoms with Crippen LogP contribution in [0.25, 0.3) is 0 Å². The lowest BCUT2D eigenvalue weighted by molar-refractivity contribution is -0.384. The van der Waals surface area contributed by atoms with E-state index < -0.39 is 16.4 Å². The Kier molecular flexibility index (Phi) is 5.60. The maximum absolute atomic E-state index is 11.9. The Bertz CT molecular complexity index is 487. The van der Waals surface area contributed by atoms with Crippen LogP contribution in [0.1, 0.15) is 23.7 Å². The fraction of sp³-hybridized carbons (Fsp3) is 0.462. The van der Waals surface area contributed by atoms with Crippen LogP contribution < -0.4 is 5.32 Å². The zero-order chi connectivity index (χ0) is 15.2. The van der Waals surface area contributed by atoms with Crippen molar-refractivity contribution >= 4 is 11.6 Å². The van der Waals surface area contributed by atoms with Gasteiger partial charge in [-0.2, -0.15) is 0 Å². The van der Waals surface area contributed by atoms with Crippen LogP contribution in [-0.2, 0) is 4.74 Å². The van der Waals surface area contributed by atoms with Gasteiger partial charge in [0.1, 0.15) is 0 Å². The van der Waals surface area contributed by atoms with Gasteiger partial charge in [0, 0.05) is 44.4 Å². The summed E-state index contributed by atoms with van der Waals surface area (Å²) in [6, 6.07) is 5.42. The van der Waals surface area contributed by atoms with E-state index in [1.54, 1.807) is 6.92 Å². The number of aliphatic hydroxyl groups is 1. The Morgan fingerprint density at radius 3 is 2.85 bits per heavy atom. The monoisotopic (exact) mass is 282 g/mol. The number of carbonyl (C=O) groups excluding carboxylic acids is 1. The number of hydrogen-bond donors (Lipinski definition) is 2. The van der Waals surface area contributed by atoms with E-state index >= 15 is 0 Å². The first kappa shape index (κ1) is 16.1. The lowest BCUT2D eigenvalue weighted by Gasteiger charge is -2.23. The molecule has 0 aliphatic rings. The number of methoxy groups -OCH3 is 1. The molecule has 0 aliphatic carbocycles. The molecule has 0 radical (unpaired) electrons. The molecule has 1 atom stereocenters. The summed E-state index contributed by atoms with van der Waals surface area (Å²) in [7, 11) is 1.53. The number of amides is 1. The summed E-state index contributed by atoms with van der Waals surface area (Å²) in [4.78, 5) is 21.9. The molecule has 7 heteroatoms. The van der Waals surface area contributed by atoms with Gasteiger partial charge in [0.15, 0.2) is 0 Å². The van der Waals surface area contributed by atoms with Crippen LogP contribution in [0, 0.1) is 10.1 Å². The number of benzene rings is 1. The van der Waals surface area contributed by atoms with Gasteiger partial charge in [0.2, 0.25) is 0 Å². The van der Waals surface area contributed by atoms with E-state index in [1.807, 2.05) is 0 Å². The quantitative estimate of drug-likeness (QED) is 0.576. The number of non-ortho nitro benzene ring substituents is 1. The molecule has 2 N–H and O–H groups in total. The molecule has 110 valence electrons. The van der Waals surface area contributed by atoms with Crippen LogP contribution in [0.3, 0.4) is 0 Å². The highest BCUT2D eigenvalue weighted by Crippen LogP contribution is 2.13. The van der Waals surface area contributed by atoms with E-state index in [0.717, 1.165) is 0 Å².